The number of amides is 1. The average molecular weight is 341 g/mol. The van der Waals surface area contributed by atoms with Crippen LogP contribution in [0.1, 0.15) is 34.8 Å². The molecule has 0 aromatic heterocycles. The second kappa shape index (κ2) is 7.47. The number of carbonyl (C=O) groups is 1. The van der Waals surface area contributed by atoms with Crippen molar-refractivity contribution in [1.29, 1.82) is 0 Å². The van der Waals surface area contributed by atoms with E-state index in [0.717, 1.165) is 30.7 Å². The first-order chi connectivity index (χ1) is 12.2. The van der Waals surface area contributed by atoms with Crippen LogP contribution in [0.5, 0.6) is 17.2 Å². The number of carbonyl (C=O) groups excluding carboxylic acids is 1. The van der Waals surface area contributed by atoms with Crippen LogP contribution in [0.3, 0.4) is 0 Å². The zero-order chi connectivity index (χ0) is 17.8. The van der Waals surface area contributed by atoms with Gasteiger partial charge in [-0.25, -0.2) is 0 Å². The van der Waals surface area contributed by atoms with Crippen LogP contribution < -0.4 is 14.2 Å². The van der Waals surface area contributed by atoms with Crippen LogP contribution in [0.15, 0.2) is 42.5 Å². The number of ether oxygens (including phenoxy) is 3. The molecule has 0 saturated carbocycles. The van der Waals surface area contributed by atoms with Gasteiger partial charge in [0.1, 0.15) is 5.75 Å². The van der Waals surface area contributed by atoms with E-state index in [1.807, 2.05) is 29.2 Å². The van der Waals surface area contributed by atoms with Gasteiger partial charge in [0.25, 0.3) is 5.91 Å². The molecule has 25 heavy (non-hydrogen) atoms. The number of hydrogen-bond acceptors (Lipinski definition) is 4. The number of likely N-dealkylation sites (tertiary alicyclic amines) is 1. The van der Waals surface area contributed by atoms with Crippen molar-refractivity contribution < 1.29 is 19.0 Å². The van der Waals surface area contributed by atoms with E-state index in [0.29, 0.717) is 17.1 Å². The fraction of sp³-hybridized carbons (Fsp3) is 0.350. The topological polar surface area (TPSA) is 48.0 Å². The minimum atomic E-state index is 0.0132. The predicted molar refractivity (Wildman–Crippen MR) is 95.6 cm³/mol. The number of hydrogen-bond donors (Lipinski definition) is 0. The lowest BCUT2D eigenvalue weighted by Crippen LogP contribution is -2.30. The summed E-state index contributed by atoms with van der Waals surface area (Å²) in [5.74, 6) is 2.01. The molecule has 2 aromatic carbocycles. The van der Waals surface area contributed by atoms with Crippen molar-refractivity contribution in [3.05, 3.63) is 53.6 Å². The Kier molecular flexibility index (Phi) is 5.12. The molecule has 1 unspecified atom stereocenters. The summed E-state index contributed by atoms with van der Waals surface area (Å²) in [7, 11) is 4.80. The summed E-state index contributed by atoms with van der Waals surface area (Å²) in [6.45, 7) is 0.754. The largest absolute Gasteiger partial charge is 0.497 e. The summed E-state index contributed by atoms with van der Waals surface area (Å²) in [6, 6.07) is 13.3. The van der Waals surface area contributed by atoms with Gasteiger partial charge in [-0.05, 0) is 48.7 Å². The molecule has 5 nitrogen and oxygen atoms in total. The van der Waals surface area contributed by atoms with E-state index >= 15 is 0 Å². The van der Waals surface area contributed by atoms with E-state index in [1.165, 1.54) is 0 Å². The van der Waals surface area contributed by atoms with Crippen molar-refractivity contribution in [2.45, 2.75) is 18.9 Å². The Bertz CT molecular complexity index is 742. The number of nitrogens with zero attached hydrogens (tertiary/aromatic N) is 1. The third kappa shape index (κ3) is 3.40. The maximum atomic E-state index is 13.0. The SMILES string of the molecule is COc1ccc(C2CCCN2C(=O)c2ccc(OC)c(OC)c2)cc1. The summed E-state index contributed by atoms with van der Waals surface area (Å²) >= 11 is 0. The maximum absolute atomic E-state index is 13.0. The van der Waals surface area contributed by atoms with Gasteiger partial charge in [0.05, 0.1) is 27.4 Å². The fourth-order valence-electron chi connectivity index (χ4n) is 3.32. The molecular formula is C20H23NO4. The van der Waals surface area contributed by atoms with Gasteiger partial charge in [0, 0.05) is 12.1 Å². The molecule has 3 rings (SSSR count). The van der Waals surface area contributed by atoms with Crippen molar-refractivity contribution in [3.63, 3.8) is 0 Å². The molecule has 1 heterocycles. The Labute approximate surface area is 148 Å². The quantitative estimate of drug-likeness (QED) is 0.832. The first kappa shape index (κ1) is 17.1. The van der Waals surface area contributed by atoms with Crippen molar-refractivity contribution in [2.75, 3.05) is 27.9 Å². The van der Waals surface area contributed by atoms with Gasteiger partial charge in [-0.1, -0.05) is 12.1 Å². The van der Waals surface area contributed by atoms with Crippen LogP contribution in [0, 0.1) is 0 Å². The van der Waals surface area contributed by atoms with Gasteiger partial charge in [-0.15, -0.1) is 0 Å². The zero-order valence-electron chi connectivity index (χ0n) is 14.8. The minimum Gasteiger partial charge on any atom is -0.497 e. The van der Waals surface area contributed by atoms with E-state index in [1.54, 1.807) is 39.5 Å². The van der Waals surface area contributed by atoms with E-state index in [2.05, 4.69) is 0 Å². The lowest BCUT2D eigenvalue weighted by molar-refractivity contribution is 0.0735. The standard InChI is InChI=1S/C20H23NO4/c1-23-16-9-6-14(7-10-16)17-5-4-12-21(17)20(22)15-8-11-18(24-2)19(13-15)25-3/h6-11,13,17H,4-5,12H2,1-3H3. The molecule has 1 aliphatic rings. The molecule has 1 saturated heterocycles. The molecule has 0 bridgehead atoms. The van der Waals surface area contributed by atoms with Crippen LogP contribution in [-0.4, -0.2) is 38.7 Å². The second-order valence-electron chi connectivity index (χ2n) is 6.00. The summed E-state index contributed by atoms with van der Waals surface area (Å²) in [4.78, 5) is 15.0. The highest BCUT2D eigenvalue weighted by molar-refractivity contribution is 5.95. The molecule has 5 heteroatoms. The fourth-order valence-corrected chi connectivity index (χ4v) is 3.32. The third-order valence-corrected chi connectivity index (χ3v) is 4.64. The van der Waals surface area contributed by atoms with Crippen molar-refractivity contribution in [2.24, 2.45) is 0 Å². The highest BCUT2D eigenvalue weighted by atomic mass is 16.5. The van der Waals surface area contributed by atoms with E-state index in [4.69, 9.17) is 14.2 Å². The van der Waals surface area contributed by atoms with Crippen LogP contribution in [0.25, 0.3) is 0 Å². The molecular weight excluding hydrogens is 318 g/mol. The smallest absolute Gasteiger partial charge is 0.254 e. The average Bonchev–Trinajstić information content (AvgIpc) is 3.16. The van der Waals surface area contributed by atoms with E-state index in [9.17, 15) is 4.79 Å². The molecule has 0 N–H and O–H groups in total. The van der Waals surface area contributed by atoms with Crippen LogP contribution in [-0.2, 0) is 0 Å². The monoisotopic (exact) mass is 341 g/mol. The summed E-state index contributed by atoms with van der Waals surface area (Å²) in [5, 5.41) is 0. The van der Waals surface area contributed by atoms with Crippen LogP contribution >= 0.6 is 0 Å². The van der Waals surface area contributed by atoms with Gasteiger partial charge in [0.2, 0.25) is 0 Å². The summed E-state index contributed by atoms with van der Waals surface area (Å²) in [6.07, 6.45) is 1.96. The van der Waals surface area contributed by atoms with E-state index < -0.39 is 0 Å². The second-order valence-corrected chi connectivity index (χ2v) is 6.00. The first-order valence-electron chi connectivity index (χ1n) is 8.35. The van der Waals surface area contributed by atoms with Gasteiger partial charge in [0.15, 0.2) is 11.5 Å². The first-order valence-corrected chi connectivity index (χ1v) is 8.35. The Balaban J connectivity index is 1.85. The Morgan fingerprint density at radius 2 is 1.68 bits per heavy atom. The molecule has 1 amide bonds. The van der Waals surface area contributed by atoms with Gasteiger partial charge in [-0.2, -0.15) is 0 Å². The normalized spacial score (nSPS) is 16.6. The molecule has 1 aliphatic heterocycles. The van der Waals surface area contributed by atoms with E-state index in [-0.39, 0.29) is 11.9 Å². The molecule has 0 radical (unpaired) electrons. The van der Waals surface area contributed by atoms with Crippen molar-refractivity contribution in [3.8, 4) is 17.2 Å². The summed E-state index contributed by atoms with van der Waals surface area (Å²) in [5.41, 5.74) is 1.74. The number of methoxy groups -OCH3 is 3. The number of rotatable bonds is 5. The lowest BCUT2D eigenvalue weighted by Gasteiger charge is -2.25. The molecule has 2 aromatic rings. The maximum Gasteiger partial charge on any atom is 0.254 e. The van der Waals surface area contributed by atoms with Gasteiger partial charge in [-0.3, -0.25) is 4.79 Å². The van der Waals surface area contributed by atoms with Gasteiger partial charge < -0.3 is 19.1 Å². The zero-order valence-corrected chi connectivity index (χ0v) is 14.8. The molecule has 0 spiro atoms. The predicted octanol–water partition coefficient (Wildman–Crippen LogP) is 3.69. The highest BCUT2D eigenvalue weighted by Crippen LogP contribution is 2.35. The Morgan fingerprint density at radius 3 is 2.32 bits per heavy atom. The van der Waals surface area contributed by atoms with Gasteiger partial charge >= 0.3 is 0 Å². The highest BCUT2D eigenvalue weighted by Gasteiger charge is 2.31. The Hall–Kier alpha value is -2.69. The summed E-state index contributed by atoms with van der Waals surface area (Å²) < 4.78 is 15.8. The molecule has 1 fully saturated rings. The molecule has 0 aliphatic carbocycles. The van der Waals surface area contributed by atoms with Crippen molar-refractivity contribution in [1.82, 2.24) is 4.90 Å². The lowest BCUT2D eigenvalue weighted by atomic mass is 10.0. The minimum absolute atomic E-state index is 0.0132. The van der Waals surface area contributed by atoms with Crippen molar-refractivity contribution >= 4 is 5.91 Å². The molecule has 1 atom stereocenters. The third-order valence-electron chi connectivity index (χ3n) is 4.64. The number of benzene rings is 2. The van der Waals surface area contributed by atoms with Crippen LogP contribution in [0.4, 0.5) is 0 Å². The Morgan fingerprint density at radius 1 is 0.960 bits per heavy atom. The molecule has 132 valence electrons. The van der Waals surface area contributed by atoms with Crippen LogP contribution in [0.2, 0.25) is 0 Å².